The van der Waals surface area contributed by atoms with E-state index in [2.05, 4.69) is 0 Å². The van der Waals surface area contributed by atoms with Crippen LogP contribution in [0.5, 0.6) is 0 Å². The predicted molar refractivity (Wildman–Crippen MR) is 103 cm³/mol. The summed E-state index contributed by atoms with van der Waals surface area (Å²) in [4.78, 5) is 42.8. The van der Waals surface area contributed by atoms with Gasteiger partial charge in [-0.05, 0) is 11.5 Å². The number of hydrogen-bond donors (Lipinski definition) is 0. The third-order valence-electron chi connectivity index (χ3n) is 5.31. The van der Waals surface area contributed by atoms with Gasteiger partial charge in [0.05, 0.1) is 5.92 Å². The number of amides is 3. The SMILES string of the molecule is CC(C)CC(=O)N1CCN(C(=O)C2CC(=O)N(Cc3ccccc3)C2)CC1. The first-order valence-corrected chi connectivity index (χ1v) is 9.82. The zero-order valence-corrected chi connectivity index (χ0v) is 16.3. The monoisotopic (exact) mass is 371 g/mol. The summed E-state index contributed by atoms with van der Waals surface area (Å²) in [6.07, 6.45) is 0.845. The molecule has 1 atom stereocenters. The van der Waals surface area contributed by atoms with Gasteiger partial charge in [-0.3, -0.25) is 14.4 Å². The van der Waals surface area contributed by atoms with Gasteiger partial charge in [0.2, 0.25) is 17.7 Å². The number of likely N-dealkylation sites (tertiary alicyclic amines) is 1. The Labute approximate surface area is 161 Å². The van der Waals surface area contributed by atoms with Crippen molar-refractivity contribution in [2.45, 2.75) is 33.2 Å². The first-order chi connectivity index (χ1) is 12.9. The Morgan fingerprint density at radius 3 is 2.30 bits per heavy atom. The van der Waals surface area contributed by atoms with Crippen molar-refractivity contribution in [3.05, 3.63) is 35.9 Å². The van der Waals surface area contributed by atoms with Gasteiger partial charge in [-0.25, -0.2) is 0 Å². The summed E-state index contributed by atoms with van der Waals surface area (Å²) in [5.41, 5.74) is 1.08. The molecule has 0 aromatic heterocycles. The van der Waals surface area contributed by atoms with Crippen LogP contribution in [0.3, 0.4) is 0 Å². The standard InChI is InChI=1S/C21H29N3O3/c1-16(2)12-19(25)22-8-10-23(11-9-22)21(27)18-13-20(26)24(15-18)14-17-6-4-3-5-7-17/h3-7,16,18H,8-15H2,1-2H3. The summed E-state index contributed by atoms with van der Waals surface area (Å²) in [5, 5.41) is 0. The van der Waals surface area contributed by atoms with E-state index in [0.29, 0.717) is 51.6 Å². The smallest absolute Gasteiger partial charge is 0.228 e. The molecule has 1 aromatic rings. The second kappa shape index (κ2) is 8.55. The number of benzene rings is 1. The first kappa shape index (κ1) is 19.4. The van der Waals surface area contributed by atoms with E-state index in [0.717, 1.165) is 5.56 Å². The number of hydrogen-bond acceptors (Lipinski definition) is 3. The van der Waals surface area contributed by atoms with Crippen LogP contribution in [0.25, 0.3) is 0 Å². The maximum absolute atomic E-state index is 12.8. The van der Waals surface area contributed by atoms with Crippen molar-refractivity contribution in [1.82, 2.24) is 14.7 Å². The largest absolute Gasteiger partial charge is 0.339 e. The third-order valence-corrected chi connectivity index (χ3v) is 5.31. The molecule has 2 fully saturated rings. The van der Waals surface area contributed by atoms with E-state index in [1.165, 1.54) is 0 Å². The number of rotatable bonds is 5. The van der Waals surface area contributed by atoms with Gasteiger partial charge >= 0.3 is 0 Å². The quantitative estimate of drug-likeness (QED) is 0.792. The lowest BCUT2D eigenvalue weighted by atomic mass is 10.1. The number of carbonyl (C=O) groups is 3. The molecule has 146 valence electrons. The highest BCUT2D eigenvalue weighted by atomic mass is 16.2. The summed E-state index contributed by atoms with van der Waals surface area (Å²) in [6.45, 7) is 7.42. The van der Waals surface area contributed by atoms with Crippen LogP contribution < -0.4 is 0 Å². The van der Waals surface area contributed by atoms with Gasteiger partial charge in [-0.1, -0.05) is 44.2 Å². The van der Waals surface area contributed by atoms with Crippen LogP contribution in [-0.4, -0.2) is 65.1 Å². The minimum Gasteiger partial charge on any atom is -0.339 e. The highest BCUT2D eigenvalue weighted by molar-refractivity contribution is 5.89. The maximum Gasteiger partial charge on any atom is 0.228 e. The van der Waals surface area contributed by atoms with Gasteiger partial charge in [0.25, 0.3) is 0 Å². The molecule has 0 bridgehead atoms. The minimum atomic E-state index is -0.265. The van der Waals surface area contributed by atoms with Gasteiger partial charge in [0.1, 0.15) is 0 Å². The highest BCUT2D eigenvalue weighted by Gasteiger charge is 2.37. The normalized spacial score (nSPS) is 20.5. The summed E-state index contributed by atoms with van der Waals surface area (Å²) >= 11 is 0. The van der Waals surface area contributed by atoms with Crippen molar-refractivity contribution in [3.63, 3.8) is 0 Å². The zero-order chi connectivity index (χ0) is 19.4. The highest BCUT2D eigenvalue weighted by Crippen LogP contribution is 2.23. The van der Waals surface area contributed by atoms with E-state index in [1.807, 2.05) is 54.0 Å². The van der Waals surface area contributed by atoms with Crippen molar-refractivity contribution < 1.29 is 14.4 Å². The van der Waals surface area contributed by atoms with E-state index in [1.54, 1.807) is 4.90 Å². The number of carbonyl (C=O) groups excluding carboxylic acids is 3. The Morgan fingerprint density at radius 2 is 1.67 bits per heavy atom. The second-order valence-electron chi connectivity index (χ2n) is 7.96. The Morgan fingerprint density at radius 1 is 1.04 bits per heavy atom. The molecule has 1 aromatic carbocycles. The fourth-order valence-electron chi connectivity index (χ4n) is 3.81. The van der Waals surface area contributed by atoms with Crippen LogP contribution in [0, 0.1) is 11.8 Å². The van der Waals surface area contributed by atoms with Gasteiger partial charge in [0.15, 0.2) is 0 Å². The van der Waals surface area contributed by atoms with Crippen molar-refractivity contribution in [1.29, 1.82) is 0 Å². The molecule has 6 heteroatoms. The summed E-state index contributed by atoms with van der Waals surface area (Å²) in [7, 11) is 0. The van der Waals surface area contributed by atoms with Crippen LogP contribution in [-0.2, 0) is 20.9 Å². The summed E-state index contributed by atoms with van der Waals surface area (Å²) in [5.74, 6) is 0.344. The Kier molecular flexibility index (Phi) is 6.14. The fraction of sp³-hybridized carbons (Fsp3) is 0.571. The lowest BCUT2D eigenvalue weighted by Gasteiger charge is -2.36. The molecule has 0 spiro atoms. The summed E-state index contributed by atoms with van der Waals surface area (Å²) < 4.78 is 0. The van der Waals surface area contributed by atoms with Gasteiger partial charge < -0.3 is 14.7 Å². The van der Waals surface area contributed by atoms with E-state index < -0.39 is 0 Å². The molecule has 3 amide bonds. The van der Waals surface area contributed by atoms with E-state index >= 15 is 0 Å². The van der Waals surface area contributed by atoms with Crippen LogP contribution in [0.4, 0.5) is 0 Å². The van der Waals surface area contributed by atoms with Crippen molar-refractivity contribution in [2.24, 2.45) is 11.8 Å². The van der Waals surface area contributed by atoms with Crippen LogP contribution in [0.15, 0.2) is 30.3 Å². The molecule has 0 N–H and O–H groups in total. The Bertz CT molecular complexity index is 681. The van der Waals surface area contributed by atoms with Crippen molar-refractivity contribution in [2.75, 3.05) is 32.7 Å². The average molecular weight is 371 g/mol. The molecule has 6 nitrogen and oxygen atoms in total. The molecule has 3 rings (SSSR count). The first-order valence-electron chi connectivity index (χ1n) is 9.82. The molecular formula is C21H29N3O3. The summed E-state index contributed by atoms with van der Waals surface area (Å²) in [6, 6.07) is 9.86. The molecule has 0 aliphatic carbocycles. The molecule has 1 unspecified atom stereocenters. The lowest BCUT2D eigenvalue weighted by molar-refractivity contribution is -0.142. The van der Waals surface area contributed by atoms with Gasteiger partial charge in [-0.2, -0.15) is 0 Å². The van der Waals surface area contributed by atoms with Gasteiger partial charge in [-0.15, -0.1) is 0 Å². The predicted octanol–water partition coefficient (Wildman–Crippen LogP) is 1.75. The van der Waals surface area contributed by atoms with E-state index in [9.17, 15) is 14.4 Å². The van der Waals surface area contributed by atoms with Gasteiger partial charge in [0, 0.05) is 52.1 Å². The van der Waals surface area contributed by atoms with Crippen molar-refractivity contribution >= 4 is 17.7 Å². The molecule has 27 heavy (non-hydrogen) atoms. The van der Waals surface area contributed by atoms with Crippen molar-refractivity contribution in [3.8, 4) is 0 Å². The number of nitrogens with zero attached hydrogens (tertiary/aromatic N) is 3. The third kappa shape index (κ3) is 4.87. The number of piperazine rings is 1. The fourth-order valence-corrected chi connectivity index (χ4v) is 3.81. The Balaban J connectivity index is 1.50. The van der Waals surface area contributed by atoms with Crippen LogP contribution >= 0.6 is 0 Å². The minimum absolute atomic E-state index is 0.0444. The average Bonchev–Trinajstić information content (AvgIpc) is 3.02. The Hall–Kier alpha value is -2.37. The van der Waals surface area contributed by atoms with E-state index in [-0.39, 0.29) is 30.1 Å². The molecule has 2 aliphatic rings. The molecule has 0 radical (unpaired) electrons. The topological polar surface area (TPSA) is 60.9 Å². The molecule has 2 heterocycles. The maximum atomic E-state index is 12.8. The second-order valence-corrected chi connectivity index (χ2v) is 7.96. The van der Waals surface area contributed by atoms with E-state index in [4.69, 9.17) is 0 Å². The molecule has 2 aliphatic heterocycles. The zero-order valence-electron chi connectivity index (χ0n) is 16.3. The lowest BCUT2D eigenvalue weighted by Crippen LogP contribution is -2.52. The molecule has 0 saturated carbocycles. The van der Waals surface area contributed by atoms with Crippen LogP contribution in [0.2, 0.25) is 0 Å². The van der Waals surface area contributed by atoms with Crippen LogP contribution in [0.1, 0.15) is 32.3 Å². The molecule has 2 saturated heterocycles. The molecular weight excluding hydrogens is 342 g/mol.